The maximum Gasteiger partial charge on any atom is 0.333 e. The molecule has 1 N–H and O–H groups in total. The number of carboxylic acids is 1. The highest BCUT2D eigenvalue weighted by Crippen LogP contribution is 2.38. The molecule has 0 radical (unpaired) electrons. The van der Waals surface area contributed by atoms with Crippen LogP contribution in [-0.4, -0.2) is 28.4 Å². The molecule has 0 bridgehead atoms. The van der Waals surface area contributed by atoms with Crippen LogP contribution in [0.25, 0.3) is 5.70 Å². The molecular weight excluding hydrogens is 218 g/mol. The summed E-state index contributed by atoms with van der Waals surface area (Å²) in [6.07, 6.45) is 1.24. The molecule has 1 aromatic rings. The molecule has 0 saturated carbocycles. The molecule has 2 aliphatic rings. The Balaban J connectivity index is 2.28. The van der Waals surface area contributed by atoms with Gasteiger partial charge in [-0.05, 0) is 18.9 Å². The first-order chi connectivity index (χ1) is 8.20. The summed E-state index contributed by atoms with van der Waals surface area (Å²) in [4.78, 5) is 24.9. The summed E-state index contributed by atoms with van der Waals surface area (Å²) in [6, 6.07) is 7.20. The van der Waals surface area contributed by atoms with Crippen LogP contribution in [0.15, 0.2) is 29.8 Å². The topological polar surface area (TPSA) is 57.6 Å². The summed E-state index contributed by atoms with van der Waals surface area (Å²) in [6.45, 7) is 0.611. The van der Waals surface area contributed by atoms with E-state index in [-0.39, 0.29) is 5.91 Å². The third-order valence-corrected chi connectivity index (χ3v) is 3.28. The van der Waals surface area contributed by atoms with Crippen molar-refractivity contribution >= 4 is 17.6 Å². The van der Waals surface area contributed by atoms with Crippen molar-refractivity contribution in [2.24, 2.45) is 0 Å². The zero-order valence-corrected chi connectivity index (χ0v) is 9.14. The fourth-order valence-corrected chi connectivity index (χ4v) is 2.55. The van der Waals surface area contributed by atoms with Gasteiger partial charge in [0.05, 0.1) is 11.3 Å². The fourth-order valence-electron chi connectivity index (χ4n) is 2.55. The molecule has 17 heavy (non-hydrogen) atoms. The maximum atomic E-state index is 12.1. The second-order valence-electron chi connectivity index (χ2n) is 4.24. The van der Waals surface area contributed by atoms with Crippen LogP contribution in [0, 0.1) is 0 Å². The van der Waals surface area contributed by atoms with Gasteiger partial charge in [0.15, 0.2) is 0 Å². The second kappa shape index (κ2) is 3.45. The minimum atomic E-state index is -0.922. The molecule has 0 fully saturated rings. The first kappa shape index (κ1) is 10.1. The molecule has 0 atom stereocenters. The summed E-state index contributed by atoms with van der Waals surface area (Å²) >= 11 is 0. The number of benzene rings is 1. The van der Waals surface area contributed by atoms with E-state index in [1.165, 1.54) is 0 Å². The van der Waals surface area contributed by atoms with Crippen LogP contribution in [0.2, 0.25) is 0 Å². The summed E-state index contributed by atoms with van der Waals surface area (Å²) in [7, 11) is 0. The standard InChI is InChI=1S/C13H11NO3/c15-12-9-5-2-1-4-8(9)11-10(13(16)17)6-3-7-14(11)12/h1-2,4-5H,3,6-7H2,(H,16,17). The van der Waals surface area contributed by atoms with E-state index < -0.39 is 5.97 Å². The third-order valence-electron chi connectivity index (χ3n) is 3.28. The summed E-state index contributed by atoms with van der Waals surface area (Å²) in [5.74, 6) is -0.997. The number of amides is 1. The van der Waals surface area contributed by atoms with Crippen molar-refractivity contribution in [2.75, 3.05) is 6.54 Å². The molecule has 2 heterocycles. The van der Waals surface area contributed by atoms with E-state index in [1.807, 2.05) is 12.1 Å². The van der Waals surface area contributed by atoms with Gasteiger partial charge in [-0.2, -0.15) is 0 Å². The van der Waals surface area contributed by atoms with Gasteiger partial charge in [0.1, 0.15) is 0 Å². The molecule has 1 amide bonds. The van der Waals surface area contributed by atoms with Gasteiger partial charge in [-0.3, -0.25) is 4.79 Å². The van der Waals surface area contributed by atoms with Crippen LogP contribution in [0.3, 0.4) is 0 Å². The van der Waals surface area contributed by atoms with E-state index in [1.54, 1.807) is 17.0 Å². The van der Waals surface area contributed by atoms with E-state index in [0.717, 1.165) is 5.56 Å². The van der Waals surface area contributed by atoms with E-state index in [2.05, 4.69) is 0 Å². The lowest BCUT2D eigenvalue weighted by atomic mass is 9.99. The van der Waals surface area contributed by atoms with E-state index in [4.69, 9.17) is 0 Å². The quantitative estimate of drug-likeness (QED) is 0.797. The van der Waals surface area contributed by atoms with Crippen molar-refractivity contribution in [3.63, 3.8) is 0 Å². The number of carbonyl (C=O) groups excluding carboxylic acids is 1. The van der Waals surface area contributed by atoms with Gasteiger partial charge in [0.25, 0.3) is 5.91 Å². The Hall–Kier alpha value is -2.10. The van der Waals surface area contributed by atoms with Crippen LogP contribution < -0.4 is 0 Å². The molecular formula is C13H11NO3. The van der Waals surface area contributed by atoms with Gasteiger partial charge in [0, 0.05) is 17.7 Å². The molecule has 0 spiro atoms. The lowest BCUT2D eigenvalue weighted by Gasteiger charge is -2.25. The molecule has 86 valence electrons. The van der Waals surface area contributed by atoms with Gasteiger partial charge in [-0.25, -0.2) is 4.79 Å². The van der Waals surface area contributed by atoms with Crippen molar-refractivity contribution in [3.8, 4) is 0 Å². The maximum absolute atomic E-state index is 12.1. The van der Waals surface area contributed by atoms with Crippen molar-refractivity contribution in [1.82, 2.24) is 4.90 Å². The van der Waals surface area contributed by atoms with Crippen LogP contribution in [0.5, 0.6) is 0 Å². The van der Waals surface area contributed by atoms with E-state index in [9.17, 15) is 14.7 Å². The molecule has 3 rings (SSSR count). The Bertz CT molecular complexity index is 560. The Morgan fingerprint density at radius 2 is 1.94 bits per heavy atom. The molecule has 0 saturated heterocycles. The fraction of sp³-hybridized carbons (Fsp3) is 0.231. The van der Waals surface area contributed by atoms with Crippen molar-refractivity contribution in [1.29, 1.82) is 0 Å². The first-order valence-corrected chi connectivity index (χ1v) is 5.58. The van der Waals surface area contributed by atoms with Crippen LogP contribution >= 0.6 is 0 Å². The molecule has 2 aliphatic heterocycles. The normalized spacial score (nSPS) is 18.1. The zero-order chi connectivity index (χ0) is 12.0. The lowest BCUT2D eigenvalue weighted by molar-refractivity contribution is -0.132. The predicted octanol–water partition coefficient (Wildman–Crippen LogP) is 1.73. The molecule has 4 nitrogen and oxygen atoms in total. The average molecular weight is 229 g/mol. The van der Waals surface area contributed by atoms with Crippen molar-refractivity contribution < 1.29 is 14.7 Å². The van der Waals surface area contributed by atoms with Gasteiger partial charge in [0.2, 0.25) is 0 Å². The van der Waals surface area contributed by atoms with Gasteiger partial charge in [-0.15, -0.1) is 0 Å². The highest BCUT2D eigenvalue weighted by molar-refractivity contribution is 6.13. The predicted molar refractivity (Wildman–Crippen MR) is 61.3 cm³/mol. The number of hydrogen-bond acceptors (Lipinski definition) is 2. The molecule has 0 unspecified atom stereocenters. The van der Waals surface area contributed by atoms with Gasteiger partial charge in [-0.1, -0.05) is 18.2 Å². The van der Waals surface area contributed by atoms with Crippen molar-refractivity contribution in [3.05, 3.63) is 41.0 Å². The molecule has 4 heteroatoms. The number of carboxylic acid groups (broad SMARTS) is 1. The largest absolute Gasteiger partial charge is 0.478 e. The number of aliphatic carboxylic acids is 1. The Morgan fingerprint density at radius 1 is 1.24 bits per heavy atom. The van der Waals surface area contributed by atoms with Crippen molar-refractivity contribution in [2.45, 2.75) is 12.8 Å². The number of carbonyl (C=O) groups is 2. The smallest absolute Gasteiger partial charge is 0.333 e. The van der Waals surface area contributed by atoms with Crippen LogP contribution in [-0.2, 0) is 4.79 Å². The van der Waals surface area contributed by atoms with Crippen LogP contribution in [0.1, 0.15) is 28.8 Å². The number of nitrogens with zero attached hydrogens (tertiary/aromatic N) is 1. The molecule has 1 aromatic carbocycles. The second-order valence-corrected chi connectivity index (χ2v) is 4.24. The Morgan fingerprint density at radius 3 is 2.65 bits per heavy atom. The SMILES string of the molecule is O=C(O)C1=C2c3ccccc3C(=O)N2CCC1. The van der Waals surface area contributed by atoms with Crippen LogP contribution in [0.4, 0.5) is 0 Å². The van der Waals surface area contributed by atoms with E-state index >= 15 is 0 Å². The summed E-state index contributed by atoms with van der Waals surface area (Å²) in [5, 5.41) is 9.20. The minimum absolute atomic E-state index is 0.0750. The first-order valence-electron chi connectivity index (χ1n) is 5.58. The number of hydrogen-bond donors (Lipinski definition) is 1. The summed E-state index contributed by atoms with van der Waals surface area (Å²) < 4.78 is 0. The highest BCUT2D eigenvalue weighted by Gasteiger charge is 2.37. The zero-order valence-electron chi connectivity index (χ0n) is 9.14. The lowest BCUT2D eigenvalue weighted by Crippen LogP contribution is -2.29. The Kier molecular flexibility index (Phi) is 2.04. The number of rotatable bonds is 1. The van der Waals surface area contributed by atoms with Gasteiger partial charge >= 0.3 is 5.97 Å². The molecule has 0 aromatic heterocycles. The average Bonchev–Trinajstić information content (AvgIpc) is 2.64. The highest BCUT2D eigenvalue weighted by atomic mass is 16.4. The number of fused-ring (bicyclic) bond motifs is 3. The minimum Gasteiger partial charge on any atom is -0.478 e. The third kappa shape index (κ3) is 1.30. The van der Waals surface area contributed by atoms with Gasteiger partial charge < -0.3 is 10.0 Å². The summed E-state index contributed by atoms with van der Waals surface area (Å²) in [5.41, 5.74) is 2.33. The van der Waals surface area contributed by atoms with E-state index in [0.29, 0.717) is 36.2 Å². The monoisotopic (exact) mass is 229 g/mol. The Labute approximate surface area is 98.2 Å². The molecule has 0 aliphatic carbocycles.